The van der Waals surface area contributed by atoms with Gasteiger partial charge < -0.3 is 25.5 Å². The normalized spacial score (nSPS) is 20.5. The lowest BCUT2D eigenvalue weighted by atomic mass is 10.0. The first kappa shape index (κ1) is 23.2. The highest BCUT2D eigenvalue weighted by atomic mass is 35.5. The third-order valence-corrected chi connectivity index (χ3v) is 7.64. The average Bonchev–Trinajstić information content (AvgIpc) is 3.05. The van der Waals surface area contributed by atoms with Crippen molar-refractivity contribution in [1.29, 1.82) is 0 Å². The van der Waals surface area contributed by atoms with Crippen LogP contribution in [0.25, 0.3) is 0 Å². The molecule has 1 atom stereocenters. The summed E-state index contributed by atoms with van der Waals surface area (Å²) in [6.07, 6.45) is 5.76. The number of nitrogens with one attached hydrogen (secondary N) is 2. The Hall–Kier alpha value is -1.97. The summed E-state index contributed by atoms with van der Waals surface area (Å²) < 4.78 is 0. The number of thioether (sulfide) groups is 1. The van der Waals surface area contributed by atoms with Gasteiger partial charge in [0.15, 0.2) is 0 Å². The molecule has 2 aromatic rings. The summed E-state index contributed by atoms with van der Waals surface area (Å²) in [5.74, 6) is 4.03. The molecule has 0 aliphatic carbocycles. The van der Waals surface area contributed by atoms with Crippen molar-refractivity contribution in [2.75, 3.05) is 54.2 Å². The number of aromatic nitrogens is 3. The lowest BCUT2D eigenvalue weighted by Gasteiger charge is -2.35. The van der Waals surface area contributed by atoms with Crippen LogP contribution in [0.1, 0.15) is 32.1 Å². The van der Waals surface area contributed by atoms with E-state index in [1.54, 1.807) is 18.2 Å². The summed E-state index contributed by atoms with van der Waals surface area (Å²) >= 11 is 8.06. The van der Waals surface area contributed by atoms with Crippen LogP contribution in [0.5, 0.6) is 5.75 Å². The number of aromatic hydroxyl groups is 1. The second kappa shape index (κ2) is 10.8. The van der Waals surface area contributed by atoms with E-state index in [1.807, 2.05) is 11.8 Å². The molecule has 0 bridgehead atoms. The van der Waals surface area contributed by atoms with Crippen LogP contribution in [0.2, 0.25) is 5.02 Å². The Bertz CT molecular complexity index is 902. The van der Waals surface area contributed by atoms with Gasteiger partial charge in [-0.15, -0.1) is 0 Å². The zero-order valence-electron chi connectivity index (χ0n) is 18.7. The first-order valence-electron chi connectivity index (χ1n) is 11.2. The number of piperidine rings is 1. The quantitative estimate of drug-likeness (QED) is 0.529. The molecular formula is C22H32ClN7OS. The molecule has 174 valence electrons. The predicted molar refractivity (Wildman–Crippen MR) is 134 cm³/mol. The van der Waals surface area contributed by atoms with Crippen LogP contribution in [0.15, 0.2) is 18.2 Å². The third kappa shape index (κ3) is 6.08. The highest BCUT2D eigenvalue weighted by molar-refractivity contribution is 7.99. The summed E-state index contributed by atoms with van der Waals surface area (Å²) in [6.45, 7) is 2.14. The summed E-state index contributed by atoms with van der Waals surface area (Å²) in [5, 5.41) is 16.8. The van der Waals surface area contributed by atoms with Gasteiger partial charge in [0.1, 0.15) is 5.75 Å². The fourth-order valence-corrected chi connectivity index (χ4v) is 5.39. The number of halogens is 1. The Kier molecular flexibility index (Phi) is 7.80. The number of nitrogens with zero attached hydrogens (tertiary/aromatic N) is 5. The largest absolute Gasteiger partial charge is 0.506 e. The van der Waals surface area contributed by atoms with Crippen molar-refractivity contribution >= 4 is 46.9 Å². The van der Waals surface area contributed by atoms with E-state index in [4.69, 9.17) is 21.6 Å². The molecular weight excluding hydrogens is 446 g/mol. The summed E-state index contributed by atoms with van der Waals surface area (Å²) in [5.41, 5.74) is 0.711. The number of anilines is 4. The topological polar surface area (TPSA) is 89.4 Å². The van der Waals surface area contributed by atoms with Crippen LogP contribution in [0, 0.1) is 0 Å². The molecule has 2 aliphatic heterocycles. The van der Waals surface area contributed by atoms with Gasteiger partial charge in [0.05, 0.1) is 5.02 Å². The number of hydrogen-bond donors (Lipinski definition) is 3. The van der Waals surface area contributed by atoms with Crippen molar-refractivity contribution in [2.45, 2.75) is 44.2 Å². The van der Waals surface area contributed by atoms with Crippen molar-refractivity contribution in [1.82, 2.24) is 19.9 Å². The minimum atomic E-state index is 0.0452. The molecule has 2 aliphatic rings. The van der Waals surface area contributed by atoms with Gasteiger partial charge in [-0.1, -0.05) is 18.0 Å². The minimum absolute atomic E-state index is 0.0452. The predicted octanol–water partition coefficient (Wildman–Crippen LogP) is 4.20. The van der Waals surface area contributed by atoms with Crippen LogP contribution in [0.3, 0.4) is 0 Å². The monoisotopic (exact) mass is 477 g/mol. The molecule has 4 rings (SSSR count). The maximum absolute atomic E-state index is 9.72. The Morgan fingerprint density at radius 3 is 2.69 bits per heavy atom. The minimum Gasteiger partial charge on any atom is -0.506 e. The smallest absolute Gasteiger partial charge is 0.233 e. The van der Waals surface area contributed by atoms with E-state index in [0.717, 1.165) is 38.1 Å². The average molecular weight is 478 g/mol. The van der Waals surface area contributed by atoms with Crippen LogP contribution < -0.4 is 15.5 Å². The molecule has 2 saturated heterocycles. The molecule has 0 saturated carbocycles. The Morgan fingerprint density at radius 1 is 1.12 bits per heavy atom. The second-order valence-corrected chi connectivity index (χ2v) is 10.2. The Balaban J connectivity index is 1.58. The number of phenolic OH excluding ortho intramolecular Hbond substituents is 1. The van der Waals surface area contributed by atoms with Gasteiger partial charge in [0.25, 0.3) is 0 Å². The van der Waals surface area contributed by atoms with Crippen molar-refractivity contribution in [3.63, 3.8) is 0 Å². The van der Waals surface area contributed by atoms with Gasteiger partial charge >= 0.3 is 0 Å². The zero-order valence-corrected chi connectivity index (χ0v) is 20.3. The van der Waals surface area contributed by atoms with E-state index in [-0.39, 0.29) is 10.8 Å². The van der Waals surface area contributed by atoms with Crippen molar-refractivity contribution in [2.24, 2.45) is 0 Å². The highest BCUT2D eigenvalue weighted by Gasteiger charge is 2.24. The van der Waals surface area contributed by atoms with Gasteiger partial charge in [-0.25, -0.2) is 0 Å². The van der Waals surface area contributed by atoms with Crippen LogP contribution >= 0.6 is 23.4 Å². The molecule has 1 aromatic carbocycles. The van der Waals surface area contributed by atoms with Gasteiger partial charge in [0, 0.05) is 30.6 Å². The van der Waals surface area contributed by atoms with Crippen molar-refractivity contribution in [3.8, 4) is 5.75 Å². The highest BCUT2D eigenvalue weighted by Crippen LogP contribution is 2.28. The lowest BCUT2D eigenvalue weighted by molar-refractivity contribution is 0.252. The third-order valence-electron chi connectivity index (χ3n) is 6.12. The van der Waals surface area contributed by atoms with E-state index in [0.29, 0.717) is 35.6 Å². The van der Waals surface area contributed by atoms with Gasteiger partial charge in [-0.3, -0.25) is 0 Å². The zero-order chi connectivity index (χ0) is 22.5. The molecule has 0 spiro atoms. The SMILES string of the molecule is CN1CCC(N(C)c2nc(Nc3ccc(O)c(Cl)c3)nc(NC3CCCCSC3)n2)CC1. The number of hydrogen-bond acceptors (Lipinski definition) is 9. The van der Waals surface area contributed by atoms with E-state index in [1.165, 1.54) is 18.6 Å². The molecule has 0 amide bonds. The lowest BCUT2D eigenvalue weighted by Crippen LogP contribution is -2.42. The summed E-state index contributed by atoms with van der Waals surface area (Å²) in [4.78, 5) is 18.7. The van der Waals surface area contributed by atoms with Gasteiger partial charge in [-0.05, 0) is 69.8 Å². The second-order valence-electron chi connectivity index (χ2n) is 8.63. The fourth-order valence-electron chi connectivity index (χ4n) is 4.10. The molecule has 2 fully saturated rings. The molecule has 1 unspecified atom stereocenters. The van der Waals surface area contributed by atoms with E-state index in [9.17, 15) is 5.11 Å². The number of likely N-dealkylation sites (tertiary alicyclic amines) is 1. The summed E-state index contributed by atoms with van der Waals surface area (Å²) in [6, 6.07) is 5.71. The fraction of sp³-hybridized carbons (Fsp3) is 0.591. The maximum atomic E-state index is 9.72. The van der Waals surface area contributed by atoms with Crippen LogP contribution in [-0.2, 0) is 0 Å². The first-order valence-corrected chi connectivity index (χ1v) is 12.8. The summed E-state index contributed by atoms with van der Waals surface area (Å²) in [7, 11) is 4.23. The molecule has 8 nitrogen and oxygen atoms in total. The number of phenols is 1. The number of benzene rings is 1. The van der Waals surface area contributed by atoms with Gasteiger partial charge in [-0.2, -0.15) is 26.7 Å². The number of rotatable bonds is 6. The first-order chi connectivity index (χ1) is 15.5. The van der Waals surface area contributed by atoms with E-state index in [2.05, 4.69) is 39.5 Å². The maximum Gasteiger partial charge on any atom is 0.233 e. The Morgan fingerprint density at radius 2 is 1.91 bits per heavy atom. The van der Waals surface area contributed by atoms with Gasteiger partial charge in [0.2, 0.25) is 17.8 Å². The van der Waals surface area contributed by atoms with Crippen molar-refractivity contribution in [3.05, 3.63) is 23.2 Å². The van der Waals surface area contributed by atoms with Crippen LogP contribution in [-0.4, -0.2) is 75.7 Å². The molecule has 32 heavy (non-hydrogen) atoms. The molecule has 3 N–H and O–H groups in total. The molecule has 10 heteroatoms. The Labute approximate surface area is 199 Å². The van der Waals surface area contributed by atoms with Crippen LogP contribution in [0.4, 0.5) is 23.5 Å². The standard InChI is InChI=1S/C22H32ClN7OS/c1-29-10-8-17(9-11-29)30(2)22-27-20(24-15-6-7-19(31)18(23)13-15)26-21(28-22)25-16-5-3-4-12-32-14-16/h6-7,13,16-17,31H,3-5,8-12,14H2,1-2H3,(H2,24,25,26,27,28). The molecule has 1 aromatic heterocycles. The molecule has 0 radical (unpaired) electrons. The van der Waals surface area contributed by atoms with Crippen molar-refractivity contribution < 1.29 is 5.11 Å². The van der Waals surface area contributed by atoms with E-state index >= 15 is 0 Å². The van der Waals surface area contributed by atoms with E-state index < -0.39 is 0 Å². The molecule has 3 heterocycles.